The van der Waals surface area contributed by atoms with Crippen LogP contribution in [0.3, 0.4) is 0 Å². The normalized spacial score (nSPS) is 15.1. The summed E-state index contributed by atoms with van der Waals surface area (Å²) in [6.45, 7) is 2.23. The Hall–Kier alpha value is -1.57. The van der Waals surface area contributed by atoms with Gasteiger partial charge in [0.2, 0.25) is 0 Å². The second kappa shape index (κ2) is 5.82. The number of aromatic nitrogens is 1. The summed E-state index contributed by atoms with van der Waals surface area (Å²) >= 11 is 0. The van der Waals surface area contributed by atoms with Crippen LogP contribution in [0.25, 0.3) is 10.9 Å². The molecule has 0 aliphatic heterocycles. The first-order valence-corrected chi connectivity index (χ1v) is 7.99. The van der Waals surface area contributed by atoms with Gasteiger partial charge in [0.15, 0.2) is 0 Å². The molecule has 0 spiro atoms. The van der Waals surface area contributed by atoms with Gasteiger partial charge >= 0.3 is 0 Å². The molecule has 2 N–H and O–H groups in total. The van der Waals surface area contributed by atoms with Gasteiger partial charge in [0.25, 0.3) is 0 Å². The van der Waals surface area contributed by atoms with E-state index in [1.165, 1.54) is 54.3 Å². The first kappa shape index (κ1) is 13.4. The second-order valence-electron chi connectivity index (χ2n) is 5.97. The topological polar surface area (TPSA) is 38.9 Å². The quantitative estimate of drug-likeness (QED) is 0.836. The maximum Gasteiger partial charge on any atom is 0.0726 e. The molecule has 0 unspecified atom stereocenters. The smallest absolute Gasteiger partial charge is 0.0726 e. The molecule has 1 aromatic heterocycles. The van der Waals surface area contributed by atoms with Crippen molar-refractivity contribution >= 4 is 16.6 Å². The molecule has 0 bridgehead atoms. The molecule has 2 heteroatoms. The number of pyridine rings is 1. The summed E-state index contributed by atoms with van der Waals surface area (Å²) in [4.78, 5) is 4.88. The number of fused-ring (bicyclic) bond motifs is 2. The highest BCUT2D eigenvalue weighted by Crippen LogP contribution is 2.31. The zero-order chi connectivity index (χ0) is 13.9. The third kappa shape index (κ3) is 2.52. The van der Waals surface area contributed by atoms with Crippen molar-refractivity contribution in [3.05, 3.63) is 35.0 Å². The van der Waals surface area contributed by atoms with Crippen molar-refractivity contribution in [3.8, 4) is 0 Å². The zero-order valence-electron chi connectivity index (χ0n) is 12.4. The van der Waals surface area contributed by atoms with E-state index in [2.05, 4.69) is 25.1 Å². The molecule has 106 valence electrons. The van der Waals surface area contributed by atoms with Crippen molar-refractivity contribution in [2.75, 3.05) is 5.73 Å². The molecule has 2 aromatic rings. The van der Waals surface area contributed by atoms with Crippen molar-refractivity contribution in [3.63, 3.8) is 0 Å². The lowest BCUT2D eigenvalue weighted by molar-refractivity contribution is 0.709. The van der Waals surface area contributed by atoms with Gasteiger partial charge in [0.05, 0.1) is 5.52 Å². The second-order valence-corrected chi connectivity index (χ2v) is 5.97. The minimum atomic E-state index is 0.991. The Morgan fingerprint density at radius 2 is 2.00 bits per heavy atom. The maximum atomic E-state index is 6.47. The fraction of sp³-hybridized carbons (Fsp3) is 0.500. The van der Waals surface area contributed by atoms with Gasteiger partial charge < -0.3 is 5.73 Å². The number of anilines is 1. The van der Waals surface area contributed by atoms with Gasteiger partial charge in [-0.15, -0.1) is 0 Å². The summed E-state index contributed by atoms with van der Waals surface area (Å²) in [5.41, 5.74) is 12.5. The van der Waals surface area contributed by atoms with Crippen LogP contribution in [0.1, 0.15) is 55.8 Å². The van der Waals surface area contributed by atoms with E-state index in [0.29, 0.717) is 0 Å². The predicted molar refractivity (Wildman–Crippen MR) is 86.0 cm³/mol. The van der Waals surface area contributed by atoms with Crippen LogP contribution in [0.15, 0.2) is 18.2 Å². The van der Waals surface area contributed by atoms with Gasteiger partial charge in [-0.2, -0.15) is 0 Å². The summed E-state index contributed by atoms with van der Waals surface area (Å²) in [6, 6.07) is 6.63. The molecule has 1 aliphatic carbocycles. The van der Waals surface area contributed by atoms with E-state index in [-0.39, 0.29) is 0 Å². The molecule has 1 aromatic carbocycles. The van der Waals surface area contributed by atoms with E-state index < -0.39 is 0 Å². The molecule has 3 rings (SSSR count). The van der Waals surface area contributed by atoms with Gasteiger partial charge in [0.1, 0.15) is 0 Å². The third-order valence-corrected chi connectivity index (χ3v) is 4.44. The number of aryl methyl sites for hydroxylation is 2. The van der Waals surface area contributed by atoms with Crippen LogP contribution in [0.4, 0.5) is 5.69 Å². The van der Waals surface area contributed by atoms with E-state index in [4.69, 9.17) is 10.7 Å². The van der Waals surface area contributed by atoms with Crippen LogP contribution in [0.2, 0.25) is 0 Å². The largest absolute Gasteiger partial charge is 0.398 e. The lowest BCUT2D eigenvalue weighted by Gasteiger charge is -2.13. The molecule has 0 atom stereocenters. The monoisotopic (exact) mass is 268 g/mol. The van der Waals surface area contributed by atoms with E-state index >= 15 is 0 Å². The van der Waals surface area contributed by atoms with Gasteiger partial charge in [0, 0.05) is 16.8 Å². The Bertz CT molecular complexity index is 616. The Labute approximate surface area is 121 Å². The molecular weight excluding hydrogens is 244 g/mol. The maximum absolute atomic E-state index is 6.47. The van der Waals surface area contributed by atoms with Crippen LogP contribution < -0.4 is 5.73 Å². The van der Waals surface area contributed by atoms with Gasteiger partial charge in [-0.05, 0) is 61.8 Å². The molecule has 0 radical (unpaired) electrons. The highest BCUT2D eigenvalue weighted by molar-refractivity contribution is 5.92. The fourth-order valence-electron chi connectivity index (χ4n) is 3.22. The standard InChI is InChI=1S/C18H24N2/c1-2-3-7-13-10-11-17-15(12-13)18(19)14-8-5-4-6-9-16(14)20-17/h10-12H,2-9H2,1H3,(H2,19,20). The van der Waals surface area contributed by atoms with Crippen LogP contribution in [-0.4, -0.2) is 4.98 Å². The first-order valence-electron chi connectivity index (χ1n) is 7.99. The van der Waals surface area contributed by atoms with E-state index in [1.54, 1.807) is 0 Å². The van der Waals surface area contributed by atoms with Gasteiger partial charge in [-0.25, -0.2) is 0 Å². The summed E-state index contributed by atoms with van der Waals surface area (Å²) < 4.78 is 0. The van der Waals surface area contributed by atoms with Gasteiger partial charge in [-0.3, -0.25) is 4.98 Å². The third-order valence-electron chi connectivity index (χ3n) is 4.44. The predicted octanol–water partition coefficient (Wildman–Crippen LogP) is 4.43. The van der Waals surface area contributed by atoms with Crippen molar-refractivity contribution in [2.45, 2.75) is 58.3 Å². The summed E-state index contributed by atoms with van der Waals surface area (Å²) in [5.74, 6) is 0. The van der Waals surface area contributed by atoms with Crippen molar-refractivity contribution < 1.29 is 0 Å². The van der Waals surface area contributed by atoms with Crippen LogP contribution >= 0.6 is 0 Å². The average Bonchev–Trinajstić information content (AvgIpc) is 2.71. The minimum absolute atomic E-state index is 0.991. The number of unbranched alkanes of at least 4 members (excludes halogenated alkanes) is 1. The molecule has 1 heterocycles. The van der Waals surface area contributed by atoms with Crippen molar-refractivity contribution in [1.82, 2.24) is 4.98 Å². The SMILES string of the molecule is CCCCc1ccc2nc3c(c(N)c2c1)CCCCC3. The first-order chi connectivity index (χ1) is 9.79. The number of hydrogen-bond donors (Lipinski definition) is 1. The van der Waals surface area contributed by atoms with Gasteiger partial charge in [-0.1, -0.05) is 25.8 Å². The lowest BCUT2D eigenvalue weighted by Crippen LogP contribution is -2.03. The minimum Gasteiger partial charge on any atom is -0.398 e. The molecule has 0 fully saturated rings. The van der Waals surface area contributed by atoms with Crippen LogP contribution in [-0.2, 0) is 19.3 Å². The molecule has 0 saturated heterocycles. The number of nitrogen functional groups attached to an aromatic ring is 1. The summed E-state index contributed by atoms with van der Waals surface area (Å²) in [7, 11) is 0. The summed E-state index contributed by atoms with van der Waals surface area (Å²) in [5, 5.41) is 1.17. The molecule has 2 nitrogen and oxygen atoms in total. The molecule has 0 saturated carbocycles. The van der Waals surface area contributed by atoms with Crippen molar-refractivity contribution in [1.29, 1.82) is 0 Å². The van der Waals surface area contributed by atoms with E-state index in [1.807, 2.05) is 0 Å². The highest BCUT2D eigenvalue weighted by Gasteiger charge is 2.15. The molecule has 0 amide bonds. The number of nitrogens with two attached hydrogens (primary N) is 1. The molecular formula is C18H24N2. The fourth-order valence-corrected chi connectivity index (χ4v) is 3.22. The van der Waals surface area contributed by atoms with E-state index in [9.17, 15) is 0 Å². The Balaban J connectivity index is 2.08. The van der Waals surface area contributed by atoms with Crippen LogP contribution in [0.5, 0.6) is 0 Å². The Morgan fingerprint density at radius 1 is 1.15 bits per heavy atom. The summed E-state index contributed by atoms with van der Waals surface area (Å²) in [6.07, 6.45) is 9.60. The van der Waals surface area contributed by atoms with Crippen molar-refractivity contribution in [2.24, 2.45) is 0 Å². The number of rotatable bonds is 3. The van der Waals surface area contributed by atoms with Crippen LogP contribution in [0, 0.1) is 0 Å². The molecule has 1 aliphatic rings. The Kier molecular flexibility index (Phi) is 3.90. The number of nitrogens with zero attached hydrogens (tertiary/aromatic N) is 1. The number of benzene rings is 1. The molecule has 20 heavy (non-hydrogen) atoms. The average molecular weight is 268 g/mol. The zero-order valence-corrected chi connectivity index (χ0v) is 12.4. The highest BCUT2D eigenvalue weighted by atomic mass is 14.7. The van der Waals surface area contributed by atoms with E-state index in [0.717, 1.165) is 30.5 Å². The Morgan fingerprint density at radius 3 is 2.85 bits per heavy atom. The lowest BCUT2D eigenvalue weighted by atomic mass is 9.99. The number of hydrogen-bond acceptors (Lipinski definition) is 2.